The first-order valence-corrected chi connectivity index (χ1v) is 10.4. The van der Waals surface area contributed by atoms with Crippen molar-refractivity contribution >= 4 is 34.7 Å². The van der Waals surface area contributed by atoms with Crippen LogP contribution in [0, 0.1) is 5.82 Å². The Morgan fingerprint density at radius 1 is 1.24 bits per heavy atom. The van der Waals surface area contributed by atoms with Crippen molar-refractivity contribution in [3.8, 4) is 0 Å². The molecule has 0 unspecified atom stereocenters. The van der Waals surface area contributed by atoms with E-state index in [2.05, 4.69) is 15.3 Å². The van der Waals surface area contributed by atoms with E-state index in [0.717, 1.165) is 10.6 Å². The zero-order valence-electron chi connectivity index (χ0n) is 17.4. The first-order valence-electron chi connectivity index (χ1n) is 10.1. The number of carboxylic acids is 1. The number of piperidine rings is 1. The number of alkyl halides is 2. The van der Waals surface area contributed by atoms with Crippen molar-refractivity contribution in [1.29, 1.82) is 0 Å². The predicted octanol–water partition coefficient (Wildman–Crippen LogP) is 3.99. The third kappa shape index (κ3) is 4.72. The summed E-state index contributed by atoms with van der Waals surface area (Å²) in [5.74, 6) is -4.55. The number of nitrogens with one attached hydrogen (secondary N) is 1. The summed E-state index contributed by atoms with van der Waals surface area (Å²) >= 11 is 5.79. The van der Waals surface area contributed by atoms with Crippen LogP contribution in [-0.4, -0.2) is 44.5 Å². The molecule has 0 saturated carbocycles. The Kier molecular flexibility index (Phi) is 5.91. The molecule has 0 spiro atoms. The highest BCUT2D eigenvalue weighted by Gasteiger charge is 2.34. The second kappa shape index (κ2) is 8.54. The molecule has 174 valence electrons. The summed E-state index contributed by atoms with van der Waals surface area (Å²) < 4.78 is 42.5. The van der Waals surface area contributed by atoms with Crippen molar-refractivity contribution in [3.63, 3.8) is 0 Å². The van der Waals surface area contributed by atoms with Crippen LogP contribution in [0.4, 0.5) is 24.7 Å². The van der Waals surface area contributed by atoms with Crippen LogP contribution in [0.15, 0.2) is 35.3 Å². The number of carboxylic acid groups (broad SMARTS) is 1. The molecule has 8 nitrogen and oxygen atoms in total. The molecule has 1 aliphatic rings. The van der Waals surface area contributed by atoms with Gasteiger partial charge in [0.1, 0.15) is 22.4 Å². The zero-order valence-corrected chi connectivity index (χ0v) is 18.1. The molecule has 3 aromatic rings. The van der Waals surface area contributed by atoms with Crippen LogP contribution in [0.3, 0.4) is 0 Å². The molecule has 4 rings (SSSR count). The van der Waals surface area contributed by atoms with E-state index in [1.165, 1.54) is 24.3 Å². The van der Waals surface area contributed by atoms with Crippen LogP contribution in [-0.2, 0) is 0 Å². The molecule has 33 heavy (non-hydrogen) atoms. The Labute approximate surface area is 190 Å². The number of halogens is 4. The molecule has 0 aromatic carbocycles. The molecule has 2 N–H and O–H groups in total. The Hall–Kier alpha value is -3.34. The van der Waals surface area contributed by atoms with Crippen LogP contribution in [0.25, 0.3) is 5.65 Å². The van der Waals surface area contributed by atoms with E-state index in [1.807, 2.05) is 0 Å². The van der Waals surface area contributed by atoms with Gasteiger partial charge >= 0.3 is 5.97 Å². The fourth-order valence-corrected chi connectivity index (χ4v) is 3.90. The highest BCUT2D eigenvalue weighted by atomic mass is 35.5. The SMILES string of the molecule is C[C@@H](Nc1ccc(Cl)nc1C(=O)O)c1cc(F)cn2c(=O)cc(N3CCC(F)(F)CC3)nc12. The Bertz CT molecular complexity index is 1290. The average Bonchev–Trinajstić information content (AvgIpc) is 2.74. The van der Waals surface area contributed by atoms with Crippen LogP contribution in [0.2, 0.25) is 5.15 Å². The number of aromatic nitrogens is 3. The van der Waals surface area contributed by atoms with Crippen molar-refractivity contribution in [2.75, 3.05) is 23.3 Å². The van der Waals surface area contributed by atoms with Gasteiger partial charge in [-0.1, -0.05) is 11.6 Å². The molecule has 3 aromatic heterocycles. The van der Waals surface area contributed by atoms with Gasteiger partial charge in [-0.2, -0.15) is 0 Å². The average molecular weight is 482 g/mol. The number of aromatic carboxylic acids is 1. The molecule has 1 fully saturated rings. The van der Waals surface area contributed by atoms with Gasteiger partial charge in [0.15, 0.2) is 5.69 Å². The Morgan fingerprint density at radius 2 is 1.94 bits per heavy atom. The Balaban J connectivity index is 1.75. The lowest BCUT2D eigenvalue weighted by Gasteiger charge is -2.32. The van der Waals surface area contributed by atoms with E-state index in [-0.39, 0.29) is 59.5 Å². The molecule has 0 aliphatic carbocycles. The van der Waals surface area contributed by atoms with E-state index in [9.17, 15) is 27.9 Å². The summed E-state index contributed by atoms with van der Waals surface area (Å²) in [7, 11) is 0. The number of fused-ring (bicyclic) bond motifs is 1. The smallest absolute Gasteiger partial charge is 0.356 e. The molecule has 1 aliphatic heterocycles. The van der Waals surface area contributed by atoms with Gasteiger partial charge in [-0.3, -0.25) is 9.20 Å². The molecule has 0 amide bonds. The van der Waals surface area contributed by atoms with E-state index < -0.39 is 29.3 Å². The maximum atomic E-state index is 14.3. The fourth-order valence-electron chi connectivity index (χ4n) is 3.75. The normalized spacial score (nSPS) is 16.6. The minimum Gasteiger partial charge on any atom is -0.476 e. The predicted molar refractivity (Wildman–Crippen MR) is 116 cm³/mol. The minimum atomic E-state index is -2.76. The lowest BCUT2D eigenvalue weighted by atomic mass is 10.1. The quantitative estimate of drug-likeness (QED) is 0.531. The van der Waals surface area contributed by atoms with Gasteiger partial charge in [0.05, 0.1) is 11.7 Å². The van der Waals surface area contributed by atoms with E-state index in [4.69, 9.17) is 11.6 Å². The lowest BCUT2D eigenvalue weighted by Crippen LogP contribution is -2.40. The topological polar surface area (TPSA) is 99.8 Å². The third-order valence-corrected chi connectivity index (χ3v) is 5.67. The molecular weight excluding hydrogens is 463 g/mol. The molecule has 0 bridgehead atoms. The van der Waals surface area contributed by atoms with Gasteiger partial charge in [0.25, 0.3) is 11.5 Å². The van der Waals surface area contributed by atoms with Crippen molar-refractivity contribution < 1.29 is 23.1 Å². The Morgan fingerprint density at radius 3 is 2.61 bits per heavy atom. The van der Waals surface area contributed by atoms with Gasteiger partial charge in [-0.15, -0.1) is 0 Å². The summed E-state index contributed by atoms with van der Waals surface area (Å²) in [6.45, 7) is 1.69. The number of hydrogen-bond acceptors (Lipinski definition) is 6. The number of anilines is 2. The summed E-state index contributed by atoms with van der Waals surface area (Å²) in [6.07, 6.45) is 0.273. The highest BCUT2D eigenvalue weighted by Crippen LogP contribution is 2.31. The van der Waals surface area contributed by atoms with Crippen LogP contribution in [0.5, 0.6) is 0 Å². The summed E-state index contributed by atoms with van der Waals surface area (Å²) in [4.78, 5) is 34.1. The van der Waals surface area contributed by atoms with Crippen LogP contribution in [0.1, 0.15) is 41.9 Å². The number of rotatable bonds is 5. The van der Waals surface area contributed by atoms with Crippen molar-refractivity contribution in [2.45, 2.75) is 31.7 Å². The first-order chi connectivity index (χ1) is 15.5. The van der Waals surface area contributed by atoms with Gasteiger partial charge < -0.3 is 15.3 Å². The lowest BCUT2D eigenvalue weighted by molar-refractivity contribution is -0.0221. The maximum absolute atomic E-state index is 14.3. The fraction of sp³-hybridized carbons (Fsp3) is 0.333. The largest absolute Gasteiger partial charge is 0.476 e. The molecule has 4 heterocycles. The zero-order chi connectivity index (χ0) is 23.9. The monoisotopic (exact) mass is 481 g/mol. The van der Waals surface area contributed by atoms with Crippen molar-refractivity contribution in [3.05, 3.63) is 63.0 Å². The highest BCUT2D eigenvalue weighted by molar-refractivity contribution is 6.29. The number of hydrogen-bond donors (Lipinski definition) is 2. The maximum Gasteiger partial charge on any atom is 0.356 e. The van der Waals surface area contributed by atoms with Gasteiger partial charge in [-0.25, -0.2) is 27.9 Å². The molecule has 0 radical (unpaired) electrons. The molecule has 1 atom stereocenters. The first kappa shape index (κ1) is 22.8. The van der Waals surface area contributed by atoms with E-state index >= 15 is 0 Å². The number of pyridine rings is 2. The van der Waals surface area contributed by atoms with Crippen LogP contribution >= 0.6 is 11.6 Å². The second-order valence-corrected chi connectivity index (χ2v) is 8.19. The van der Waals surface area contributed by atoms with Crippen molar-refractivity contribution in [2.24, 2.45) is 0 Å². The number of carbonyl (C=O) groups is 1. The van der Waals surface area contributed by atoms with E-state index in [1.54, 1.807) is 11.8 Å². The minimum absolute atomic E-state index is 0.00761. The summed E-state index contributed by atoms with van der Waals surface area (Å²) in [5, 5.41) is 12.3. The van der Waals surface area contributed by atoms with Gasteiger partial charge in [0, 0.05) is 43.8 Å². The van der Waals surface area contributed by atoms with Crippen LogP contribution < -0.4 is 15.8 Å². The molecular formula is C21H19ClF3N5O3. The van der Waals surface area contributed by atoms with Gasteiger partial charge in [-0.05, 0) is 25.1 Å². The second-order valence-electron chi connectivity index (χ2n) is 7.80. The molecule has 1 saturated heterocycles. The summed E-state index contributed by atoms with van der Waals surface area (Å²) in [5.41, 5.74) is -0.369. The van der Waals surface area contributed by atoms with Crippen molar-refractivity contribution in [1.82, 2.24) is 14.4 Å². The van der Waals surface area contributed by atoms with E-state index in [0.29, 0.717) is 0 Å². The standard InChI is InChI=1S/C21H19ClF3N5O3/c1-11(26-14-2-3-15(22)27-18(14)20(32)33)13-8-12(23)10-30-17(31)9-16(28-19(13)30)29-6-4-21(24,25)5-7-29/h2-3,8-11,26H,4-7H2,1H3,(H,32,33)/t11-/m1/s1. The third-order valence-electron chi connectivity index (χ3n) is 5.46. The van der Waals surface area contributed by atoms with Gasteiger partial charge in [0.2, 0.25) is 0 Å². The molecule has 12 heteroatoms. The number of nitrogens with zero attached hydrogens (tertiary/aromatic N) is 4. The summed E-state index contributed by atoms with van der Waals surface area (Å²) in [6, 6.07) is 4.49.